The molecule has 1 saturated heterocycles. The van der Waals surface area contributed by atoms with Crippen molar-refractivity contribution in [3.63, 3.8) is 0 Å². The molecule has 4 aromatic rings. The number of aromatic nitrogens is 1. The van der Waals surface area contributed by atoms with Crippen LogP contribution in [0.4, 0.5) is 5.69 Å². The molecule has 1 aliphatic carbocycles. The van der Waals surface area contributed by atoms with E-state index in [1.807, 2.05) is 54.7 Å². The molecule has 1 aromatic heterocycles. The van der Waals surface area contributed by atoms with Crippen molar-refractivity contribution in [2.45, 2.75) is 69.1 Å². The number of hydrogen-bond donors (Lipinski definition) is 2. The Morgan fingerprint density at radius 1 is 0.830 bits per heavy atom. The monoisotopic (exact) mass is 712 g/mol. The fraction of sp³-hybridized carbons (Fsp3) is 0.317. The van der Waals surface area contributed by atoms with E-state index in [1.54, 1.807) is 24.4 Å². The molecule has 270 valence electrons. The van der Waals surface area contributed by atoms with Gasteiger partial charge in [-0.05, 0) is 72.1 Å². The van der Waals surface area contributed by atoms with Gasteiger partial charge in [0.05, 0.1) is 28.9 Å². The number of likely N-dealkylation sites (N-methyl/N-ethyl adjacent to an activating group) is 1. The predicted molar refractivity (Wildman–Crippen MR) is 197 cm³/mol. The standard InChI is InChI=1S/C41H40N6O6/c1-41(2,25-4-9-29(10-5-25)52-31-13-15-35(42-22-31)24-21-43-46(3)23-24)26-6-11-30(12-7-26)53-32-18-28(19-32)44-27-8-14-33-34(20-27)40(51)47(39(33)50)36-16-17-37(48)45-38(36)49/h4-15,20-22,24,28,32,36,44H,16-19,23H2,1-3H3,(H,45,48,49). The summed E-state index contributed by atoms with van der Waals surface area (Å²) >= 11 is 0. The fourth-order valence-corrected chi connectivity index (χ4v) is 7.38. The van der Waals surface area contributed by atoms with E-state index in [-0.39, 0.29) is 47.4 Å². The van der Waals surface area contributed by atoms with E-state index in [0.29, 0.717) is 5.75 Å². The molecular weight excluding hydrogens is 672 g/mol. The lowest BCUT2D eigenvalue weighted by atomic mass is 9.78. The topological polar surface area (TPSA) is 143 Å². The van der Waals surface area contributed by atoms with Gasteiger partial charge in [0.1, 0.15) is 29.4 Å². The third-order valence-corrected chi connectivity index (χ3v) is 10.6. The van der Waals surface area contributed by atoms with Crippen molar-refractivity contribution in [2.24, 2.45) is 5.10 Å². The lowest BCUT2D eigenvalue weighted by molar-refractivity contribution is -0.136. The van der Waals surface area contributed by atoms with E-state index in [1.165, 1.54) is 0 Å². The number of benzene rings is 3. The number of amides is 4. The molecule has 8 rings (SSSR count). The van der Waals surface area contributed by atoms with Gasteiger partial charge >= 0.3 is 0 Å². The second-order valence-electron chi connectivity index (χ2n) is 14.7. The SMILES string of the molecule is CN1CC(c2ccc(Oc3ccc(C(C)(C)c4ccc(OC5CC(Nc6ccc7c(c6)C(=O)N(C6CCC(=O)NC6=O)C7=O)C5)cc4)cc3)cn2)C=N1. The van der Waals surface area contributed by atoms with Crippen LogP contribution in [-0.2, 0) is 15.0 Å². The van der Waals surface area contributed by atoms with Crippen LogP contribution in [0.15, 0.2) is 90.2 Å². The number of carbonyl (C=O) groups is 4. The van der Waals surface area contributed by atoms with Gasteiger partial charge in [-0.1, -0.05) is 38.1 Å². The smallest absolute Gasteiger partial charge is 0.262 e. The van der Waals surface area contributed by atoms with Gasteiger partial charge in [-0.15, -0.1) is 0 Å². The molecule has 4 amide bonds. The number of anilines is 1. The molecule has 4 aliphatic rings. The molecule has 53 heavy (non-hydrogen) atoms. The minimum atomic E-state index is -0.985. The summed E-state index contributed by atoms with van der Waals surface area (Å²) in [7, 11) is 1.95. The minimum Gasteiger partial charge on any atom is -0.490 e. The minimum absolute atomic E-state index is 0.0456. The van der Waals surface area contributed by atoms with Gasteiger partial charge in [0.25, 0.3) is 11.8 Å². The number of nitrogens with one attached hydrogen (secondary N) is 2. The highest BCUT2D eigenvalue weighted by atomic mass is 16.5. The molecule has 1 saturated carbocycles. The molecule has 0 radical (unpaired) electrons. The van der Waals surface area contributed by atoms with Crippen LogP contribution in [0, 0.1) is 0 Å². The van der Waals surface area contributed by atoms with E-state index in [9.17, 15) is 19.2 Å². The molecule has 12 nitrogen and oxygen atoms in total. The van der Waals surface area contributed by atoms with Crippen molar-refractivity contribution in [2.75, 3.05) is 18.9 Å². The average molecular weight is 713 g/mol. The van der Waals surface area contributed by atoms with Gasteiger partial charge in [0.15, 0.2) is 0 Å². The van der Waals surface area contributed by atoms with Crippen LogP contribution in [0.3, 0.4) is 0 Å². The number of hydrazone groups is 1. The van der Waals surface area contributed by atoms with Crippen LogP contribution in [0.2, 0.25) is 0 Å². The number of rotatable bonds is 10. The van der Waals surface area contributed by atoms with Gasteiger partial charge < -0.3 is 14.8 Å². The zero-order chi connectivity index (χ0) is 36.9. The van der Waals surface area contributed by atoms with Gasteiger partial charge in [-0.3, -0.25) is 39.4 Å². The Morgan fingerprint density at radius 3 is 2.15 bits per heavy atom. The van der Waals surface area contributed by atoms with E-state index >= 15 is 0 Å². The molecule has 12 heteroatoms. The van der Waals surface area contributed by atoms with Crippen LogP contribution in [0.5, 0.6) is 17.2 Å². The van der Waals surface area contributed by atoms with Crippen LogP contribution in [0.1, 0.15) is 83.0 Å². The highest BCUT2D eigenvalue weighted by Gasteiger charge is 2.45. The summed E-state index contributed by atoms with van der Waals surface area (Å²) in [6.45, 7) is 5.22. The number of pyridine rings is 1. The predicted octanol–water partition coefficient (Wildman–Crippen LogP) is 5.64. The molecule has 2 N–H and O–H groups in total. The Bertz CT molecular complexity index is 2110. The maximum atomic E-state index is 13.2. The van der Waals surface area contributed by atoms with E-state index in [0.717, 1.165) is 58.3 Å². The third-order valence-electron chi connectivity index (χ3n) is 10.6. The third kappa shape index (κ3) is 6.72. The summed E-state index contributed by atoms with van der Waals surface area (Å²) < 4.78 is 12.4. The number of hydrogen-bond acceptors (Lipinski definition) is 10. The van der Waals surface area contributed by atoms with Crippen LogP contribution in [-0.4, -0.2) is 76.5 Å². The molecule has 2 atom stereocenters. The Balaban J connectivity index is 0.824. The summed E-state index contributed by atoms with van der Waals surface area (Å²) in [5, 5.41) is 11.9. The molecular formula is C41H40N6O6. The molecule has 3 aromatic carbocycles. The number of nitrogens with zero attached hydrogens (tertiary/aromatic N) is 4. The first-order valence-electron chi connectivity index (χ1n) is 17.9. The summed E-state index contributed by atoms with van der Waals surface area (Å²) in [5.41, 5.74) is 4.28. The summed E-state index contributed by atoms with van der Waals surface area (Å²) in [4.78, 5) is 55.7. The molecule has 0 bridgehead atoms. The second-order valence-corrected chi connectivity index (χ2v) is 14.7. The zero-order valence-corrected chi connectivity index (χ0v) is 29.7. The fourth-order valence-electron chi connectivity index (χ4n) is 7.38. The largest absolute Gasteiger partial charge is 0.490 e. The van der Waals surface area contributed by atoms with Crippen LogP contribution < -0.4 is 20.1 Å². The van der Waals surface area contributed by atoms with Crippen molar-refractivity contribution in [3.8, 4) is 17.2 Å². The average Bonchev–Trinajstić information content (AvgIpc) is 3.68. The lowest BCUT2D eigenvalue weighted by Crippen LogP contribution is -2.54. The molecule has 3 aliphatic heterocycles. The number of fused-ring (bicyclic) bond motifs is 1. The van der Waals surface area contributed by atoms with E-state index in [4.69, 9.17) is 9.47 Å². The number of carbonyl (C=O) groups excluding carboxylic acids is 4. The Kier molecular flexibility index (Phi) is 8.68. The first-order valence-corrected chi connectivity index (χ1v) is 17.9. The van der Waals surface area contributed by atoms with Gasteiger partial charge in [0, 0.05) is 56.2 Å². The Morgan fingerprint density at radius 2 is 1.51 bits per heavy atom. The first kappa shape index (κ1) is 34.1. The zero-order valence-electron chi connectivity index (χ0n) is 29.7. The van der Waals surface area contributed by atoms with Crippen molar-refractivity contribution < 1.29 is 28.7 Å². The Labute approximate surface area is 307 Å². The number of imide groups is 2. The summed E-state index contributed by atoms with van der Waals surface area (Å²) in [6, 6.07) is 24.5. The molecule has 2 fully saturated rings. The van der Waals surface area contributed by atoms with E-state index < -0.39 is 29.7 Å². The van der Waals surface area contributed by atoms with E-state index in [2.05, 4.69) is 58.8 Å². The second kappa shape index (κ2) is 13.5. The van der Waals surface area contributed by atoms with Crippen LogP contribution in [0.25, 0.3) is 0 Å². The summed E-state index contributed by atoms with van der Waals surface area (Å²) in [5.74, 6) is 0.377. The number of piperidine rings is 1. The molecule has 0 spiro atoms. The van der Waals surface area contributed by atoms with Crippen molar-refractivity contribution in [3.05, 3.63) is 113 Å². The number of ether oxygens (including phenoxy) is 2. The summed E-state index contributed by atoms with van der Waals surface area (Å²) in [6.07, 6.45) is 5.49. The highest BCUT2D eigenvalue weighted by molar-refractivity contribution is 6.23. The first-order chi connectivity index (χ1) is 25.5. The molecule has 2 unspecified atom stereocenters. The van der Waals surface area contributed by atoms with Crippen molar-refractivity contribution in [1.29, 1.82) is 0 Å². The van der Waals surface area contributed by atoms with Crippen LogP contribution >= 0.6 is 0 Å². The quantitative estimate of drug-likeness (QED) is 0.200. The normalized spacial score (nSPS) is 22.4. The van der Waals surface area contributed by atoms with Crippen molar-refractivity contribution in [1.82, 2.24) is 20.2 Å². The van der Waals surface area contributed by atoms with Gasteiger partial charge in [-0.2, -0.15) is 5.10 Å². The Hall–Kier alpha value is -6.04. The maximum absolute atomic E-state index is 13.2. The molecule has 4 heterocycles. The highest BCUT2D eigenvalue weighted by Crippen LogP contribution is 2.36. The maximum Gasteiger partial charge on any atom is 0.262 e. The lowest BCUT2D eigenvalue weighted by Gasteiger charge is -2.36. The van der Waals surface area contributed by atoms with Gasteiger partial charge in [-0.25, -0.2) is 0 Å². The van der Waals surface area contributed by atoms with Crippen molar-refractivity contribution >= 4 is 35.5 Å². The van der Waals surface area contributed by atoms with Gasteiger partial charge in [0.2, 0.25) is 11.8 Å².